The molecule has 6 N–H and O–H groups in total. The van der Waals surface area contributed by atoms with Crippen LogP contribution in [0.25, 0.3) is 0 Å². The molecule has 0 saturated carbocycles. The van der Waals surface area contributed by atoms with Crippen molar-refractivity contribution in [3.05, 3.63) is 0 Å². The number of ketones is 2. The molecule has 0 aliphatic carbocycles. The number of nitrogens with one attached hydrogen (secondary N) is 4. The topological polar surface area (TPSA) is 159 Å². The Hall–Kier alpha value is -2.33. The van der Waals surface area contributed by atoms with Crippen LogP contribution in [0.4, 0.5) is 0 Å². The van der Waals surface area contributed by atoms with Crippen LogP contribution in [0.15, 0.2) is 0 Å². The molecule has 0 spiro atoms. The molecule has 0 saturated heterocycles. The Bertz CT molecular complexity index is 735. The number of nitrogens with two attached hydrogens (primary N) is 1. The van der Waals surface area contributed by atoms with Crippen molar-refractivity contribution in [2.45, 2.75) is 97.4 Å². The van der Waals surface area contributed by atoms with E-state index in [-0.39, 0.29) is 18.1 Å². The summed E-state index contributed by atoms with van der Waals surface area (Å²) in [4.78, 5) is 61.2. The summed E-state index contributed by atoms with van der Waals surface area (Å²) in [7, 11) is 0. The molecule has 1 unspecified atom stereocenters. The van der Waals surface area contributed by atoms with Crippen molar-refractivity contribution in [1.29, 1.82) is 0 Å². The number of hydrogen-bond acceptors (Lipinski definition) is 7. The zero-order chi connectivity index (χ0) is 25.0. The molecule has 10 heteroatoms. The number of carbonyl (C=O) groups excluding carboxylic acids is 5. The summed E-state index contributed by atoms with van der Waals surface area (Å²) in [6.45, 7) is 15.2. The van der Waals surface area contributed by atoms with Gasteiger partial charge in [0.1, 0.15) is 17.4 Å². The Labute approximate surface area is 184 Å². The smallest absolute Gasteiger partial charge is 0.245 e. The second kappa shape index (κ2) is 9.86. The minimum Gasteiger partial charge on any atom is -0.347 e. The lowest BCUT2D eigenvalue weighted by atomic mass is 9.93. The quantitative estimate of drug-likeness (QED) is 0.290. The molecule has 0 aromatic carbocycles. The minimum atomic E-state index is -1.33. The summed E-state index contributed by atoms with van der Waals surface area (Å²) in [5, 5.41) is 10.6. The van der Waals surface area contributed by atoms with Gasteiger partial charge in [-0.2, -0.15) is 0 Å². The Morgan fingerprint density at radius 1 is 0.806 bits per heavy atom. The van der Waals surface area contributed by atoms with Gasteiger partial charge >= 0.3 is 0 Å². The Morgan fingerprint density at radius 2 is 1.29 bits per heavy atom. The fourth-order valence-electron chi connectivity index (χ4n) is 2.45. The van der Waals surface area contributed by atoms with Crippen molar-refractivity contribution >= 4 is 29.3 Å². The summed E-state index contributed by atoms with van der Waals surface area (Å²) in [5.74, 6) is -2.12. The first-order valence-electron chi connectivity index (χ1n) is 10.2. The van der Waals surface area contributed by atoms with Gasteiger partial charge in [0.15, 0.2) is 5.78 Å². The molecule has 0 aliphatic heterocycles. The van der Waals surface area contributed by atoms with Gasteiger partial charge in [-0.15, -0.1) is 0 Å². The molecule has 1 atom stereocenters. The monoisotopic (exact) mass is 441 g/mol. The summed E-state index contributed by atoms with van der Waals surface area (Å²) < 4.78 is 0. The highest BCUT2D eigenvalue weighted by atomic mass is 16.2. The highest BCUT2D eigenvalue weighted by Crippen LogP contribution is 2.13. The molecule has 10 nitrogen and oxygen atoms in total. The molecular formula is C21H39N5O5. The third-order valence-electron chi connectivity index (χ3n) is 4.95. The zero-order valence-corrected chi connectivity index (χ0v) is 20.4. The molecule has 0 aromatic rings. The van der Waals surface area contributed by atoms with E-state index in [4.69, 9.17) is 5.73 Å². The normalized spacial score (nSPS) is 13.8. The largest absolute Gasteiger partial charge is 0.347 e. The Morgan fingerprint density at radius 3 is 1.71 bits per heavy atom. The molecule has 0 heterocycles. The standard InChI is InChI=1S/C21H39N5O5/c1-12(24-17(31)21(9,10)26-19(5,6)13(2)27)15(29)25-20(7,8)16(30)23-11-14(28)18(3,4)22/h12,26H,11,22H2,1-10H3,(H,23,30)(H,24,31)(H,25,29). The van der Waals surface area contributed by atoms with Gasteiger partial charge in [-0.1, -0.05) is 0 Å². The van der Waals surface area contributed by atoms with Gasteiger partial charge in [0.25, 0.3) is 0 Å². The lowest BCUT2D eigenvalue weighted by molar-refractivity contribution is -0.136. The Balaban J connectivity index is 5.00. The maximum Gasteiger partial charge on any atom is 0.245 e. The van der Waals surface area contributed by atoms with Crippen molar-refractivity contribution in [2.75, 3.05) is 6.54 Å². The molecule has 0 fully saturated rings. The lowest BCUT2D eigenvalue weighted by Crippen LogP contribution is -2.64. The maximum atomic E-state index is 12.7. The van der Waals surface area contributed by atoms with Gasteiger partial charge in [0, 0.05) is 0 Å². The summed E-state index contributed by atoms with van der Waals surface area (Å²) in [6.07, 6.45) is 0. The maximum absolute atomic E-state index is 12.7. The van der Waals surface area contributed by atoms with Gasteiger partial charge in [-0.25, -0.2) is 0 Å². The fourth-order valence-corrected chi connectivity index (χ4v) is 2.45. The van der Waals surface area contributed by atoms with Crippen LogP contribution in [0, 0.1) is 0 Å². The number of amides is 3. The minimum absolute atomic E-state index is 0.136. The molecule has 0 aromatic heterocycles. The van der Waals surface area contributed by atoms with Crippen LogP contribution in [0.5, 0.6) is 0 Å². The van der Waals surface area contributed by atoms with E-state index in [0.29, 0.717) is 0 Å². The van der Waals surface area contributed by atoms with Gasteiger partial charge in [-0.05, 0) is 69.2 Å². The molecular weight excluding hydrogens is 402 g/mol. The van der Waals surface area contributed by atoms with Gasteiger partial charge in [0.05, 0.1) is 23.2 Å². The van der Waals surface area contributed by atoms with Gasteiger partial charge in [0.2, 0.25) is 17.7 Å². The molecule has 0 bridgehead atoms. The number of carbonyl (C=O) groups is 5. The summed E-state index contributed by atoms with van der Waals surface area (Å²) >= 11 is 0. The van der Waals surface area contributed by atoms with Crippen LogP contribution < -0.4 is 27.0 Å². The molecule has 0 aliphatic rings. The number of Topliss-reactive ketones (excluding diaryl/α,β-unsaturated/α-hetero) is 2. The van der Waals surface area contributed by atoms with E-state index in [1.807, 2.05) is 0 Å². The number of rotatable bonds is 11. The van der Waals surface area contributed by atoms with Crippen LogP contribution in [-0.2, 0) is 24.0 Å². The number of hydrogen-bond donors (Lipinski definition) is 5. The SMILES string of the molecule is CC(=O)C(C)(C)NC(C)(C)C(=O)NC(C)C(=O)NC(C)(C)C(=O)NCC(=O)C(C)(C)N. The van der Waals surface area contributed by atoms with Crippen molar-refractivity contribution < 1.29 is 24.0 Å². The fraction of sp³-hybridized carbons (Fsp3) is 0.762. The van der Waals surface area contributed by atoms with Crippen LogP contribution >= 0.6 is 0 Å². The molecule has 3 amide bonds. The second-order valence-corrected chi connectivity index (χ2v) is 10.1. The summed E-state index contributed by atoms with van der Waals surface area (Å²) in [6, 6.07) is -0.953. The predicted molar refractivity (Wildman–Crippen MR) is 118 cm³/mol. The molecule has 0 radical (unpaired) electrons. The predicted octanol–water partition coefficient (Wildman–Crippen LogP) is -0.456. The van der Waals surface area contributed by atoms with Crippen LogP contribution in [0.3, 0.4) is 0 Å². The van der Waals surface area contributed by atoms with Crippen molar-refractivity contribution in [3.8, 4) is 0 Å². The van der Waals surface area contributed by atoms with E-state index in [1.54, 1.807) is 27.7 Å². The van der Waals surface area contributed by atoms with E-state index < -0.39 is 45.9 Å². The van der Waals surface area contributed by atoms with E-state index in [2.05, 4.69) is 21.3 Å². The second-order valence-electron chi connectivity index (χ2n) is 10.1. The average molecular weight is 442 g/mol. The van der Waals surface area contributed by atoms with Crippen LogP contribution in [-0.4, -0.2) is 64.0 Å². The summed E-state index contributed by atoms with van der Waals surface area (Å²) in [5.41, 5.74) is 1.21. The van der Waals surface area contributed by atoms with Crippen molar-refractivity contribution in [3.63, 3.8) is 0 Å². The third-order valence-corrected chi connectivity index (χ3v) is 4.95. The first-order valence-corrected chi connectivity index (χ1v) is 10.2. The molecule has 178 valence electrons. The van der Waals surface area contributed by atoms with Gasteiger partial charge in [-0.3, -0.25) is 29.3 Å². The van der Waals surface area contributed by atoms with E-state index in [1.165, 1.54) is 41.5 Å². The van der Waals surface area contributed by atoms with Crippen molar-refractivity contribution in [1.82, 2.24) is 21.3 Å². The average Bonchev–Trinajstić information content (AvgIpc) is 2.56. The van der Waals surface area contributed by atoms with E-state index >= 15 is 0 Å². The molecule has 0 rings (SSSR count). The van der Waals surface area contributed by atoms with Crippen LogP contribution in [0.1, 0.15) is 69.2 Å². The highest BCUT2D eigenvalue weighted by molar-refractivity contribution is 5.97. The highest BCUT2D eigenvalue weighted by Gasteiger charge is 2.38. The van der Waals surface area contributed by atoms with Crippen LogP contribution in [0.2, 0.25) is 0 Å². The lowest BCUT2D eigenvalue weighted by Gasteiger charge is -2.35. The third kappa shape index (κ3) is 8.74. The first-order chi connectivity index (χ1) is 13.6. The van der Waals surface area contributed by atoms with Crippen molar-refractivity contribution in [2.24, 2.45) is 5.73 Å². The van der Waals surface area contributed by atoms with E-state index in [9.17, 15) is 24.0 Å². The van der Waals surface area contributed by atoms with Gasteiger partial charge < -0.3 is 21.7 Å². The molecule has 31 heavy (non-hydrogen) atoms. The zero-order valence-electron chi connectivity index (χ0n) is 20.4. The van der Waals surface area contributed by atoms with E-state index in [0.717, 1.165) is 0 Å². The first kappa shape index (κ1) is 28.7. The Kier molecular flexibility index (Phi) is 9.12.